The second kappa shape index (κ2) is 21.2. The molecule has 0 aliphatic carbocycles. The zero-order valence-corrected chi connectivity index (χ0v) is 21.0. The summed E-state index contributed by atoms with van der Waals surface area (Å²) < 4.78 is 12.6. The molecule has 0 heterocycles. The van der Waals surface area contributed by atoms with E-state index in [4.69, 9.17) is 9.47 Å². The van der Waals surface area contributed by atoms with Crippen LogP contribution >= 0.6 is 0 Å². The van der Waals surface area contributed by atoms with Gasteiger partial charge in [-0.1, -0.05) is 117 Å². The first-order valence-electron chi connectivity index (χ1n) is 13.4. The SMILES string of the molecule is CCCCCCCCCCCCC(OCC)(OCC)C(C)CCCCCCCC. The molecule has 29 heavy (non-hydrogen) atoms. The lowest BCUT2D eigenvalue weighted by Crippen LogP contribution is -2.43. The number of unbranched alkanes of at least 4 members (excludes halogenated alkanes) is 14. The number of hydrogen-bond donors (Lipinski definition) is 0. The van der Waals surface area contributed by atoms with Gasteiger partial charge in [0, 0.05) is 25.6 Å². The highest BCUT2D eigenvalue weighted by atomic mass is 16.7. The Labute approximate surface area is 184 Å². The molecule has 0 aromatic rings. The van der Waals surface area contributed by atoms with Crippen molar-refractivity contribution in [3.63, 3.8) is 0 Å². The number of rotatable bonds is 23. The molecule has 0 saturated heterocycles. The zero-order chi connectivity index (χ0) is 21.6. The Morgan fingerprint density at radius 2 is 0.897 bits per heavy atom. The van der Waals surface area contributed by atoms with Crippen molar-refractivity contribution in [3.05, 3.63) is 0 Å². The normalized spacial score (nSPS) is 13.1. The van der Waals surface area contributed by atoms with E-state index < -0.39 is 0 Å². The third-order valence-corrected chi connectivity index (χ3v) is 6.40. The molecule has 0 N–H and O–H groups in total. The summed E-state index contributed by atoms with van der Waals surface area (Å²) in [6.45, 7) is 12.7. The van der Waals surface area contributed by atoms with Crippen molar-refractivity contribution in [2.75, 3.05) is 13.2 Å². The van der Waals surface area contributed by atoms with Crippen LogP contribution in [-0.2, 0) is 9.47 Å². The predicted octanol–water partition coefficient (Wildman–Crippen LogP) is 9.45. The van der Waals surface area contributed by atoms with Gasteiger partial charge in [0.25, 0.3) is 0 Å². The van der Waals surface area contributed by atoms with Gasteiger partial charge < -0.3 is 9.47 Å². The molecule has 0 aliphatic rings. The molecule has 1 unspecified atom stereocenters. The van der Waals surface area contributed by atoms with Crippen molar-refractivity contribution < 1.29 is 9.47 Å². The standard InChI is InChI=1S/C27H56O2/c1-6-10-12-14-16-17-18-19-21-23-25-27(28-8-3,29-9-4)26(5)24-22-20-15-13-11-7-2/h26H,6-25H2,1-5H3. The van der Waals surface area contributed by atoms with Gasteiger partial charge in [-0.25, -0.2) is 0 Å². The lowest BCUT2D eigenvalue weighted by atomic mass is 9.89. The maximum atomic E-state index is 6.29. The molecule has 176 valence electrons. The second-order valence-electron chi connectivity index (χ2n) is 9.07. The van der Waals surface area contributed by atoms with Gasteiger partial charge in [0.2, 0.25) is 0 Å². The molecule has 0 aromatic heterocycles. The average Bonchev–Trinajstić information content (AvgIpc) is 2.72. The van der Waals surface area contributed by atoms with E-state index in [0.717, 1.165) is 19.6 Å². The average molecular weight is 413 g/mol. The molecule has 0 bridgehead atoms. The molecule has 2 nitrogen and oxygen atoms in total. The summed E-state index contributed by atoms with van der Waals surface area (Å²) in [4.78, 5) is 0. The maximum absolute atomic E-state index is 6.29. The Morgan fingerprint density at radius 1 is 0.517 bits per heavy atom. The zero-order valence-electron chi connectivity index (χ0n) is 21.0. The first kappa shape index (κ1) is 28.9. The van der Waals surface area contributed by atoms with Crippen LogP contribution in [0.2, 0.25) is 0 Å². The van der Waals surface area contributed by atoms with Crippen LogP contribution in [0, 0.1) is 5.92 Å². The Balaban J connectivity index is 4.17. The van der Waals surface area contributed by atoms with Crippen molar-refractivity contribution in [3.8, 4) is 0 Å². The minimum absolute atomic E-state index is 0.354. The van der Waals surface area contributed by atoms with Crippen molar-refractivity contribution in [2.24, 2.45) is 5.92 Å². The molecule has 0 saturated carbocycles. The summed E-state index contributed by atoms with van der Waals surface area (Å²) in [6, 6.07) is 0. The summed E-state index contributed by atoms with van der Waals surface area (Å²) in [5.74, 6) is 0.125. The third kappa shape index (κ3) is 15.4. The summed E-state index contributed by atoms with van der Waals surface area (Å²) >= 11 is 0. The van der Waals surface area contributed by atoms with Crippen LogP contribution in [0.5, 0.6) is 0 Å². The van der Waals surface area contributed by atoms with E-state index in [2.05, 4.69) is 34.6 Å². The van der Waals surface area contributed by atoms with Crippen LogP contribution in [0.15, 0.2) is 0 Å². The number of ether oxygens (including phenoxy) is 2. The van der Waals surface area contributed by atoms with Gasteiger partial charge in [-0.05, 0) is 26.7 Å². The Bertz CT molecular complexity index is 310. The van der Waals surface area contributed by atoms with Gasteiger partial charge >= 0.3 is 0 Å². The summed E-state index contributed by atoms with van der Waals surface area (Å²) in [5.41, 5.74) is 0. The second-order valence-corrected chi connectivity index (χ2v) is 9.07. The lowest BCUT2D eigenvalue weighted by molar-refractivity contribution is -0.266. The van der Waals surface area contributed by atoms with Crippen molar-refractivity contribution >= 4 is 0 Å². The van der Waals surface area contributed by atoms with Gasteiger partial charge in [-0.3, -0.25) is 0 Å². The van der Waals surface area contributed by atoms with Crippen molar-refractivity contribution in [2.45, 2.75) is 156 Å². The van der Waals surface area contributed by atoms with Crippen LogP contribution in [0.1, 0.15) is 150 Å². The van der Waals surface area contributed by atoms with E-state index in [-0.39, 0.29) is 5.79 Å². The van der Waals surface area contributed by atoms with Crippen molar-refractivity contribution in [1.82, 2.24) is 0 Å². The van der Waals surface area contributed by atoms with Crippen LogP contribution in [0.25, 0.3) is 0 Å². The van der Waals surface area contributed by atoms with Crippen LogP contribution in [0.4, 0.5) is 0 Å². The molecule has 0 amide bonds. The summed E-state index contributed by atoms with van der Waals surface area (Å²) in [6.07, 6.45) is 24.2. The summed E-state index contributed by atoms with van der Waals surface area (Å²) in [5, 5.41) is 0. The van der Waals surface area contributed by atoms with E-state index in [1.807, 2.05) is 0 Å². The van der Waals surface area contributed by atoms with E-state index >= 15 is 0 Å². The van der Waals surface area contributed by atoms with Crippen LogP contribution < -0.4 is 0 Å². The Morgan fingerprint density at radius 3 is 1.31 bits per heavy atom. The minimum Gasteiger partial charge on any atom is -0.350 e. The van der Waals surface area contributed by atoms with Crippen LogP contribution in [0.3, 0.4) is 0 Å². The van der Waals surface area contributed by atoms with E-state index in [1.165, 1.54) is 109 Å². The first-order chi connectivity index (χ1) is 14.2. The molecular weight excluding hydrogens is 356 g/mol. The Hall–Kier alpha value is -0.0800. The predicted molar refractivity (Wildman–Crippen MR) is 130 cm³/mol. The van der Waals surface area contributed by atoms with Gasteiger partial charge in [0.15, 0.2) is 5.79 Å². The molecule has 0 aliphatic heterocycles. The van der Waals surface area contributed by atoms with Gasteiger partial charge in [0.1, 0.15) is 0 Å². The highest BCUT2D eigenvalue weighted by Crippen LogP contribution is 2.34. The topological polar surface area (TPSA) is 18.5 Å². The van der Waals surface area contributed by atoms with Crippen molar-refractivity contribution in [1.29, 1.82) is 0 Å². The molecule has 0 aromatic carbocycles. The summed E-state index contributed by atoms with van der Waals surface area (Å²) in [7, 11) is 0. The fraction of sp³-hybridized carbons (Fsp3) is 1.00. The molecule has 2 heteroatoms. The fourth-order valence-corrected chi connectivity index (χ4v) is 4.52. The van der Waals surface area contributed by atoms with Gasteiger partial charge in [-0.2, -0.15) is 0 Å². The number of hydrogen-bond acceptors (Lipinski definition) is 2. The minimum atomic E-state index is -0.354. The fourth-order valence-electron chi connectivity index (χ4n) is 4.52. The smallest absolute Gasteiger partial charge is 0.170 e. The molecule has 0 rings (SSSR count). The molecule has 0 radical (unpaired) electrons. The Kier molecular flexibility index (Phi) is 21.1. The first-order valence-corrected chi connectivity index (χ1v) is 13.4. The van der Waals surface area contributed by atoms with E-state index in [1.54, 1.807) is 0 Å². The third-order valence-electron chi connectivity index (χ3n) is 6.40. The maximum Gasteiger partial charge on any atom is 0.170 e. The molecule has 0 spiro atoms. The van der Waals surface area contributed by atoms with Crippen LogP contribution in [-0.4, -0.2) is 19.0 Å². The van der Waals surface area contributed by atoms with Gasteiger partial charge in [-0.15, -0.1) is 0 Å². The van der Waals surface area contributed by atoms with E-state index in [0.29, 0.717) is 5.92 Å². The monoisotopic (exact) mass is 412 g/mol. The largest absolute Gasteiger partial charge is 0.350 e. The quantitative estimate of drug-likeness (QED) is 0.123. The lowest BCUT2D eigenvalue weighted by Gasteiger charge is -2.39. The molecular formula is C27H56O2. The molecule has 0 fully saturated rings. The highest BCUT2D eigenvalue weighted by Gasteiger charge is 2.36. The van der Waals surface area contributed by atoms with Gasteiger partial charge in [0.05, 0.1) is 0 Å². The van der Waals surface area contributed by atoms with E-state index in [9.17, 15) is 0 Å². The highest BCUT2D eigenvalue weighted by molar-refractivity contribution is 4.78. The molecule has 1 atom stereocenters.